The summed E-state index contributed by atoms with van der Waals surface area (Å²) < 4.78 is 47.5. The van der Waals surface area contributed by atoms with Gasteiger partial charge >= 0.3 is 0 Å². The lowest BCUT2D eigenvalue weighted by Crippen LogP contribution is -2.42. The van der Waals surface area contributed by atoms with E-state index >= 15 is 0 Å². The molecule has 3 rings (SSSR count). The van der Waals surface area contributed by atoms with Gasteiger partial charge in [-0.3, -0.25) is 4.79 Å². The van der Waals surface area contributed by atoms with Crippen molar-refractivity contribution in [2.75, 3.05) is 26.2 Å². The van der Waals surface area contributed by atoms with E-state index in [-0.39, 0.29) is 16.6 Å². The van der Waals surface area contributed by atoms with Crippen molar-refractivity contribution in [3.63, 3.8) is 0 Å². The van der Waals surface area contributed by atoms with Gasteiger partial charge in [0.05, 0.1) is 10.5 Å². The molecular weight excluding hydrogens is 431 g/mol. The number of rotatable bonds is 7. The molecule has 32 heavy (non-hydrogen) atoms. The monoisotopic (exact) mass is 462 g/mol. The van der Waals surface area contributed by atoms with Gasteiger partial charge in [0.15, 0.2) is 0 Å². The lowest BCUT2D eigenvalue weighted by Gasteiger charge is -2.32. The van der Waals surface area contributed by atoms with Crippen LogP contribution in [-0.4, -0.2) is 55.8 Å². The lowest BCUT2D eigenvalue weighted by molar-refractivity contribution is 0.0590. The molecule has 0 bridgehead atoms. The average molecular weight is 463 g/mol. The van der Waals surface area contributed by atoms with E-state index in [4.69, 9.17) is 4.74 Å². The van der Waals surface area contributed by atoms with Crippen LogP contribution >= 0.6 is 0 Å². The van der Waals surface area contributed by atoms with E-state index in [9.17, 15) is 17.6 Å². The summed E-state index contributed by atoms with van der Waals surface area (Å²) in [5.74, 6) is -0.373. The van der Waals surface area contributed by atoms with Gasteiger partial charge in [0.25, 0.3) is 5.91 Å². The van der Waals surface area contributed by atoms with E-state index < -0.39 is 21.7 Å². The van der Waals surface area contributed by atoms with Gasteiger partial charge in [-0.25, -0.2) is 12.8 Å². The summed E-state index contributed by atoms with van der Waals surface area (Å²) in [7, 11) is -3.78. The van der Waals surface area contributed by atoms with Crippen molar-refractivity contribution in [2.24, 2.45) is 0 Å². The molecule has 1 saturated heterocycles. The zero-order chi connectivity index (χ0) is 23.5. The molecule has 1 aliphatic heterocycles. The fourth-order valence-corrected chi connectivity index (χ4v) is 5.39. The van der Waals surface area contributed by atoms with Crippen LogP contribution in [0.25, 0.3) is 0 Å². The van der Waals surface area contributed by atoms with Gasteiger partial charge in [0, 0.05) is 39.0 Å². The van der Waals surface area contributed by atoms with Crippen LogP contribution in [0.15, 0.2) is 41.3 Å². The Morgan fingerprint density at radius 1 is 1.09 bits per heavy atom. The summed E-state index contributed by atoms with van der Waals surface area (Å²) in [5, 5.41) is 0. The maximum Gasteiger partial charge on any atom is 0.256 e. The zero-order valence-corrected chi connectivity index (χ0v) is 19.9. The van der Waals surface area contributed by atoms with Crippen molar-refractivity contribution in [1.29, 1.82) is 0 Å². The SMILES string of the molecule is CCN(CC)S(=O)(=O)c1ccc(F)c(C(=O)N2CCC(Oc3cc(C)ccc3C)CC2)c1. The van der Waals surface area contributed by atoms with Gasteiger partial charge in [0.2, 0.25) is 10.0 Å². The average Bonchev–Trinajstić information content (AvgIpc) is 2.77. The number of benzene rings is 2. The van der Waals surface area contributed by atoms with Crippen LogP contribution in [0.3, 0.4) is 0 Å². The number of carbonyl (C=O) groups is 1. The molecule has 174 valence electrons. The summed E-state index contributed by atoms with van der Waals surface area (Å²) in [6.45, 7) is 8.91. The van der Waals surface area contributed by atoms with Crippen LogP contribution in [0.1, 0.15) is 48.2 Å². The predicted molar refractivity (Wildman–Crippen MR) is 122 cm³/mol. The van der Waals surface area contributed by atoms with Crippen LogP contribution in [0, 0.1) is 19.7 Å². The third kappa shape index (κ3) is 5.13. The summed E-state index contributed by atoms with van der Waals surface area (Å²) in [4.78, 5) is 14.5. The largest absolute Gasteiger partial charge is 0.490 e. The first-order chi connectivity index (χ1) is 15.2. The van der Waals surface area contributed by atoms with Crippen molar-refractivity contribution in [1.82, 2.24) is 9.21 Å². The number of hydrogen-bond donors (Lipinski definition) is 0. The number of halogens is 1. The molecule has 0 spiro atoms. The van der Waals surface area contributed by atoms with Crippen LogP contribution in [0.2, 0.25) is 0 Å². The van der Waals surface area contributed by atoms with E-state index in [0.717, 1.165) is 29.0 Å². The highest BCUT2D eigenvalue weighted by Gasteiger charge is 2.29. The third-order valence-electron chi connectivity index (χ3n) is 5.88. The molecule has 0 atom stereocenters. The Bertz CT molecular complexity index is 1080. The van der Waals surface area contributed by atoms with E-state index in [1.165, 1.54) is 10.4 Å². The van der Waals surface area contributed by atoms with Gasteiger partial charge in [-0.2, -0.15) is 4.31 Å². The Labute approximate surface area is 190 Å². The quantitative estimate of drug-likeness (QED) is 0.620. The molecule has 1 amide bonds. The number of sulfonamides is 1. The number of likely N-dealkylation sites (tertiary alicyclic amines) is 1. The van der Waals surface area contributed by atoms with E-state index in [0.29, 0.717) is 39.0 Å². The second-order valence-corrected chi connectivity index (χ2v) is 10.0. The van der Waals surface area contributed by atoms with Crippen LogP contribution < -0.4 is 4.74 Å². The standard InChI is InChI=1S/C24H31FN2O4S/c1-5-27(6-2)32(29,30)20-9-10-22(25)21(16-20)24(28)26-13-11-19(12-14-26)31-23-15-17(3)7-8-18(23)4/h7-10,15-16,19H,5-6,11-14H2,1-4H3. The van der Waals surface area contributed by atoms with Crippen molar-refractivity contribution in [3.8, 4) is 5.75 Å². The number of piperidine rings is 1. The molecular formula is C24H31FN2O4S. The maximum atomic E-state index is 14.5. The Kier molecular flexibility index (Phi) is 7.56. The van der Waals surface area contributed by atoms with Gasteiger partial charge in [-0.05, 0) is 49.2 Å². The minimum absolute atomic E-state index is 0.0289. The third-order valence-corrected chi connectivity index (χ3v) is 7.92. The molecule has 0 unspecified atom stereocenters. The molecule has 1 aliphatic rings. The first-order valence-electron chi connectivity index (χ1n) is 11.0. The minimum atomic E-state index is -3.78. The second kappa shape index (κ2) is 10.0. The smallest absolute Gasteiger partial charge is 0.256 e. The van der Waals surface area contributed by atoms with Gasteiger partial charge in [-0.15, -0.1) is 0 Å². The van der Waals surface area contributed by atoms with Gasteiger partial charge < -0.3 is 9.64 Å². The number of amides is 1. The molecule has 6 nitrogen and oxygen atoms in total. The van der Waals surface area contributed by atoms with Crippen molar-refractivity contribution in [3.05, 3.63) is 58.9 Å². The number of carbonyl (C=O) groups excluding carboxylic acids is 1. The van der Waals surface area contributed by atoms with Crippen LogP contribution in [0.4, 0.5) is 4.39 Å². The molecule has 0 N–H and O–H groups in total. The maximum absolute atomic E-state index is 14.5. The summed E-state index contributed by atoms with van der Waals surface area (Å²) in [6, 6.07) is 9.48. The van der Waals surface area contributed by atoms with Crippen molar-refractivity contribution >= 4 is 15.9 Å². The molecule has 0 saturated carbocycles. The van der Waals surface area contributed by atoms with E-state index in [1.807, 2.05) is 32.0 Å². The number of nitrogens with zero attached hydrogens (tertiary/aromatic N) is 2. The second-order valence-electron chi connectivity index (χ2n) is 8.11. The Hall–Kier alpha value is -2.45. The predicted octanol–water partition coefficient (Wildman–Crippen LogP) is 4.16. The topological polar surface area (TPSA) is 66.9 Å². The van der Waals surface area contributed by atoms with Crippen LogP contribution in [-0.2, 0) is 10.0 Å². The van der Waals surface area contributed by atoms with Gasteiger partial charge in [-0.1, -0.05) is 26.0 Å². The highest BCUT2D eigenvalue weighted by atomic mass is 32.2. The van der Waals surface area contributed by atoms with Crippen molar-refractivity contribution < 1.29 is 22.3 Å². The number of hydrogen-bond acceptors (Lipinski definition) is 4. The van der Waals surface area contributed by atoms with Gasteiger partial charge in [0.1, 0.15) is 17.7 Å². The zero-order valence-electron chi connectivity index (χ0n) is 19.1. The van der Waals surface area contributed by atoms with E-state index in [2.05, 4.69) is 0 Å². The first kappa shape index (κ1) is 24.2. The van der Waals surface area contributed by atoms with Crippen LogP contribution in [0.5, 0.6) is 5.75 Å². The molecule has 2 aromatic carbocycles. The highest BCUT2D eigenvalue weighted by molar-refractivity contribution is 7.89. The first-order valence-corrected chi connectivity index (χ1v) is 12.4. The number of aryl methyl sites for hydroxylation is 2. The Balaban J connectivity index is 1.72. The summed E-state index contributed by atoms with van der Waals surface area (Å²) in [5.41, 5.74) is 1.96. The molecule has 0 aliphatic carbocycles. The Morgan fingerprint density at radius 2 is 1.75 bits per heavy atom. The normalized spacial score (nSPS) is 15.2. The lowest BCUT2D eigenvalue weighted by atomic mass is 10.1. The number of ether oxygens (including phenoxy) is 1. The van der Waals surface area contributed by atoms with E-state index in [1.54, 1.807) is 18.7 Å². The van der Waals surface area contributed by atoms with Crippen molar-refractivity contribution in [2.45, 2.75) is 51.5 Å². The molecule has 2 aromatic rings. The molecule has 1 fully saturated rings. The molecule has 0 aromatic heterocycles. The fraction of sp³-hybridized carbons (Fsp3) is 0.458. The fourth-order valence-electron chi connectivity index (χ4n) is 3.90. The highest BCUT2D eigenvalue weighted by Crippen LogP contribution is 2.26. The molecule has 8 heteroatoms. The molecule has 1 heterocycles. The summed E-state index contributed by atoms with van der Waals surface area (Å²) >= 11 is 0. The molecule has 0 radical (unpaired) electrons. The summed E-state index contributed by atoms with van der Waals surface area (Å²) in [6.07, 6.45) is 1.22. The Morgan fingerprint density at radius 3 is 2.38 bits per heavy atom. The minimum Gasteiger partial charge on any atom is -0.490 e.